The number of rotatable bonds is 7. The predicted octanol–water partition coefficient (Wildman–Crippen LogP) is 2.74. The number of likely N-dealkylation sites (tertiary alicyclic amines) is 1. The summed E-state index contributed by atoms with van der Waals surface area (Å²) in [6.45, 7) is 14.3. The van der Waals surface area contributed by atoms with Crippen LogP contribution < -0.4 is 5.32 Å². The Morgan fingerprint density at radius 1 is 1.31 bits per heavy atom. The Kier molecular flexibility index (Phi) is 6.37. The van der Waals surface area contributed by atoms with Gasteiger partial charge in [-0.3, -0.25) is 0 Å². The second-order valence-electron chi connectivity index (χ2n) is 5.98. The minimum Gasteiger partial charge on any atom is -0.316 e. The molecule has 2 unspecified atom stereocenters. The zero-order valence-corrected chi connectivity index (χ0v) is 11.6. The van der Waals surface area contributed by atoms with Gasteiger partial charge in [0.25, 0.3) is 0 Å². The average Bonchev–Trinajstić information content (AvgIpc) is 2.63. The normalized spacial score (nSPS) is 24.2. The van der Waals surface area contributed by atoms with Crippen LogP contribution in [-0.4, -0.2) is 37.1 Å². The first-order valence-corrected chi connectivity index (χ1v) is 7.04. The van der Waals surface area contributed by atoms with Gasteiger partial charge in [0.15, 0.2) is 0 Å². The number of nitrogens with zero attached hydrogens (tertiary/aromatic N) is 1. The van der Waals surface area contributed by atoms with E-state index >= 15 is 0 Å². The monoisotopic (exact) mass is 226 g/mol. The first-order chi connectivity index (χ1) is 7.59. The molecule has 0 saturated carbocycles. The van der Waals surface area contributed by atoms with Gasteiger partial charge in [-0.05, 0) is 57.7 Å². The summed E-state index contributed by atoms with van der Waals surface area (Å²) in [5, 5.41) is 3.52. The van der Waals surface area contributed by atoms with E-state index in [1.807, 2.05) is 0 Å². The molecule has 1 heterocycles. The van der Waals surface area contributed by atoms with Gasteiger partial charge in [0.05, 0.1) is 0 Å². The maximum Gasteiger partial charge on any atom is 0.00675 e. The van der Waals surface area contributed by atoms with Crippen LogP contribution in [0.4, 0.5) is 0 Å². The molecule has 2 nitrogen and oxygen atoms in total. The number of nitrogens with one attached hydrogen (secondary N) is 1. The number of hydrogen-bond acceptors (Lipinski definition) is 2. The largest absolute Gasteiger partial charge is 0.316 e. The van der Waals surface area contributed by atoms with Gasteiger partial charge in [-0.15, -0.1) is 0 Å². The summed E-state index contributed by atoms with van der Waals surface area (Å²) in [5.41, 5.74) is 0. The van der Waals surface area contributed by atoms with E-state index in [0.717, 1.165) is 24.4 Å². The molecule has 0 spiro atoms. The Bertz CT molecular complexity index is 180. The van der Waals surface area contributed by atoms with Gasteiger partial charge >= 0.3 is 0 Å². The molecule has 0 aliphatic carbocycles. The van der Waals surface area contributed by atoms with Crippen molar-refractivity contribution in [3.63, 3.8) is 0 Å². The van der Waals surface area contributed by atoms with Crippen LogP contribution in [0, 0.1) is 11.8 Å². The SMILES string of the molecule is CC(C)CNCCCC(C)N1CCC(C)C1. The molecule has 16 heavy (non-hydrogen) atoms. The van der Waals surface area contributed by atoms with E-state index in [2.05, 4.69) is 37.9 Å². The molecular formula is C14H30N2. The second kappa shape index (κ2) is 7.29. The summed E-state index contributed by atoms with van der Waals surface area (Å²) >= 11 is 0. The molecule has 1 aliphatic heterocycles. The molecular weight excluding hydrogens is 196 g/mol. The quantitative estimate of drug-likeness (QED) is 0.672. The molecule has 0 bridgehead atoms. The Hall–Kier alpha value is -0.0800. The van der Waals surface area contributed by atoms with E-state index in [1.165, 1.54) is 38.9 Å². The molecule has 1 rings (SSSR count). The molecule has 0 aromatic heterocycles. The third-order valence-electron chi connectivity index (χ3n) is 3.61. The Balaban J connectivity index is 2.00. The Labute approximate surface area is 102 Å². The van der Waals surface area contributed by atoms with Gasteiger partial charge in [-0.2, -0.15) is 0 Å². The van der Waals surface area contributed by atoms with Crippen molar-refractivity contribution in [3.05, 3.63) is 0 Å². The zero-order chi connectivity index (χ0) is 12.0. The zero-order valence-electron chi connectivity index (χ0n) is 11.6. The van der Waals surface area contributed by atoms with Crippen molar-refractivity contribution < 1.29 is 0 Å². The molecule has 0 aromatic rings. The van der Waals surface area contributed by atoms with Crippen molar-refractivity contribution in [2.75, 3.05) is 26.2 Å². The van der Waals surface area contributed by atoms with Gasteiger partial charge in [-0.25, -0.2) is 0 Å². The second-order valence-corrected chi connectivity index (χ2v) is 5.98. The van der Waals surface area contributed by atoms with Gasteiger partial charge in [0.1, 0.15) is 0 Å². The van der Waals surface area contributed by atoms with Crippen molar-refractivity contribution in [3.8, 4) is 0 Å². The predicted molar refractivity (Wildman–Crippen MR) is 71.8 cm³/mol. The van der Waals surface area contributed by atoms with Crippen molar-refractivity contribution in [1.29, 1.82) is 0 Å². The van der Waals surface area contributed by atoms with Crippen LogP contribution in [0.25, 0.3) is 0 Å². The summed E-state index contributed by atoms with van der Waals surface area (Å²) in [6.07, 6.45) is 4.06. The van der Waals surface area contributed by atoms with E-state index in [0.29, 0.717) is 0 Å². The van der Waals surface area contributed by atoms with Crippen LogP contribution in [0.15, 0.2) is 0 Å². The lowest BCUT2D eigenvalue weighted by atomic mass is 10.1. The smallest absolute Gasteiger partial charge is 0.00675 e. The highest BCUT2D eigenvalue weighted by molar-refractivity contribution is 4.77. The fourth-order valence-corrected chi connectivity index (χ4v) is 2.47. The average molecular weight is 226 g/mol. The Morgan fingerprint density at radius 2 is 2.06 bits per heavy atom. The fourth-order valence-electron chi connectivity index (χ4n) is 2.47. The maximum atomic E-state index is 3.52. The molecule has 0 amide bonds. The molecule has 0 aromatic carbocycles. The van der Waals surface area contributed by atoms with Crippen molar-refractivity contribution in [1.82, 2.24) is 10.2 Å². The van der Waals surface area contributed by atoms with Crippen LogP contribution in [0.3, 0.4) is 0 Å². The first-order valence-electron chi connectivity index (χ1n) is 7.04. The molecule has 1 aliphatic rings. The van der Waals surface area contributed by atoms with Crippen LogP contribution in [0.2, 0.25) is 0 Å². The highest BCUT2D eigenvalue weighted by Crippen LogP contribution is 2.19. The molecule has 0 radical (unpaired) electrons. The highest BCUT2D eigenvalue weighted by Gasteiger charge is 2.22. The number of hydrogen-bond donors (Lipinski definition) is 1. The van der Waals surface area contributed by atoms with Crippen molar-refractivity contribution >= 4 is 0 Å². The summed E-state index contributed by atoms with van der Waals surface area (Å²) in [4.78, 5) is 2.66. The van der Waals surface area contributed by atoms with Gasteiger partial charge < -0.3 is 10.2 Å². The molecule has 2 atom stereocenters. The van der Waals surface area contributed by atoms with E-state index in [9.17, 15) is 0 Å². The molecule has 1 fully saturated rings. The third kappa shape index (κ3) is 5.31. The van der Waals surface area contributed by atoms with Gasteiger partial charge in [0, 0.05) is 12.6 Å². The van der Waals surface area contributed by atoms with Gasteiger partial charge in [-0.1, -0.05) is 20.8 Å². The minimum absolute atomic E-state index is 0.775. The van der Waals surface area contributed by atoms with Crippen LogP contribution in [-0.2, 0) is 0 Å². The van der Waals surface area contributed by atoms with E-state index in [-0.39, 0.29) is 0 Å². The lowest BCUT2D eigenvalue weighted by Crippen LogP contribution is -2.31. The summed E-state index contributed by atoms with van der Waals surface area (Å²) < 4.78 is 0. The minimum atomic E-state index is 0.775. The fraction of sp³-hybridized carbons (Fsp3) is 1.00. The van der Waals surface area contributed by atoms with Gasteiger partial charge in [0.2, 0.25) is 0 Å². The molecule has 1 saturated heterocycles. The summed E-state index contributed by atoms with van der Waals surface area (Å²) in [7, 11) is 0. The first kappa shape index (κ1) is 14.0. The van der Waals surface area contributed by atoms with E-state index in [1.54, 1.807) is 0 Å². The Morgan fingerprint density at radius 3 is 2.62 bits per heavy atom. The standard InChI is InChI=1S/C14H30N2/c1-12(2)10-15-8-5-6-14(4)16-9-7-13(3)11-16/h12-15H,5-11H2,1-4H3. The van der Waals surface area contributed by atoms with E-state index in [4.69, 9.17) is 0 Å². The van der Waals surface area contributed by atoms with E-state index < -0.39 is 0 Å². The topological polar surface area (TPSA) is 15.3 Å². The lowest BCUT2D eigenvalue weighted by Gasteiger charge is -2.24. The maximum absolute atomic E-state index is 3.52. The molecule has 96 valence electrons. The van der Waals surface area contributed by atoms with Crippen LogP contribution in [0.1, 0.15) is 47.0 Å². The van der Waals surface area contributed by atoms with Crippen molar-refractivity contribution in [2.24, 2.45) is 11.8 Å². The molecule has 2 heteroatoms. The van der Waals surface area contributed by atoms with Crippen LogP contribution in [0.5, 0.6) is 0 Å². The summed E-state index contributed by atoms with van der Waals surface area (Å²) in [5.74, 6) is 1.69. The summed E-state index contributed by atoms with van der Waals surface area (Å²) in [6, 6.07) is 0.783. The third-order valence-corrected chi connectivity index (χ3v) is 3.61. The lowest BCUT2D eigenvalue weighted by molar-refractivity contribution is 0.236. The van der Waals surface area contributed by atoms with Crippen molar-refractivity contribution in [2.45, 2.75) is 53.0 Å². The highest BCUT2D eigenvalue weighted by atomic mass is 15.2. The molecule has 1 N–H and O–H groups in total. The van der Waals surface area contributed by atoms with Crippen LogP contribution >= 0.6 is 0 Å².